The van der Waals surface area contributed by atoms with E-state index in [-0.39, 0.29) is 5.91 Å². The lowest BCUT2D eigenvalue weighted by Crippen LogP contribution is -2.27. The Hall–Kier alpha value is -1.10. The second-order valence-corrected chi connectivity index (χ2v) is 5.25. The highest BCUT2D eigenvalue weighted by atomic mass is 79.9. The van der Waals surface area contributed by atoms with E-state index in [1.54, 1.807) is 6.20 Å². The van der Waals surface area contributed by atoms with Gasteiger partial charge in [0.25, 0.3) is 0 Å². The summed E-state index contributed by atoms with van der Waals surface area (Å²) in [4.78, 5) is 15.7. The third-order valence-corrected chi connectivity index (χ3v) is 3.07. The van der Waals surface area contributed by atoms with E-state index in [9.17, 15) is 4.79 Å². The minimum absolute atomic E-state index is 0.120. The Balaban J connectivity index is 1.75. The molecular weight excluding hydrogens is 282 g/mol. The van der Waals surface area contributed by atoms with E-state index in [2.05, 4.69) is 31.5 Å². The lowest BCUT2D eigenvalue weighted by atomic mass is 10.3. The molecule has 2 N–H and O–H groups in total. The molecule has 1 aromatic rings. The Morgan fingerprint density at radius 1 is 1.59 bits per heavy atom. The number of anilines is 1. The number of aromatic nitrogens is 1. The summed E-state index contributed by atoms with van der Waals surface area (Å²) < 4.78 is 0.965. The number of carbonyl (C=O) groups is 1. The van der Waals surface area contributed by atoms with Gasteiger partial charge in [-0.15, -0.1) is 0 Å². The molecule has 92 valence electrons. The van der Waals surface area contributed by atoms with Gasteiger partial charge in [0.05, 0.1) is 0 Å². The van der Waals surface area contributed by atoms with Crippen molar-refractivity contribution in [3.63, 3.8) is 0 Å². The number of nitrogens with zero attached hydrogens (tertiary/aromatic N) is 1. The number of pyridine rings is 1. The van der Waals surface area contributed by atoms with E-state index in [0.29, 0.717) is 19.0 Å². The quantitative estimate of drug-likeness (QED) is 0.876. The number of hydrogen-bond donors (Lipinski definition) is 2. The second-order valence-electron chi connectivity index (χ2n) is 4.34. The van der Waals surface area contributed by atoms with Crippen LogP contribution in [0.4, 0.5) is 5.82 Å². The molecule has 1 amide bonds. The first kappa shape index (κ1) is 12.4. The van der Waals surface area contributed by atoms with Crippen LogP contribution in [0.5, 0.6) is 0 Å². The third kappa shape index (κ3) is 4.00. The molecule has 5 heteroatoms. The summed E-state index contributed by atoms with van der Waals surface area (Å²) in [5, 5.41) is 6.13. The van der Waals surface area contributed by atoms with E-state index in [1.807, 2.05) is 13.0 Å². The number of aryl methyl sites for hydroxylation is 1. The Morgan fingerprint density at radius 2 is 2.35 bits per heavy atom. The maximum Gasteiger partial charge on any atom is 0.221 e. The minimum atomic E-state index is 0.120. The molecule has 4 nitrogen and oxygen atoms in total. The van der Waals surface area contributed by atoms with Gasteiger partial charge in [0.1, 0.15) is 5.82 Å². The highest BCUT2D eigenvalue weighted by Gasteiger charge is 2.22. The fourth-order valence-corrected chi connectivity index (χ4v) is 1.99. The number of rotatable bonds is 5. The Bertz CT molecular complexity index is 418. The van der Waals surface area contributed by atoms with Crippen molar-refractivity contribution in [2.45, 2.75) is 32.2 Å². The summed E-state index contributed by atoms with van der Waals surface area (Å²) >= 11 is 3.37. The van der Waals surface area contributed by atoms with Crippen LogP contribution in [-0.4, -0.2) is 23.5 Å². The van der Waals surface area contributed by atoms with Gasteiger partial charge >= 0.3 is 0 Å². The lowest BCUT2D eigenvalue weighted by Gasteiger charge is -2.08. The summed E-state index contributed by atoms with van der Waals surface area (Å²) in [7, 11) is 0. The van der Waals surface area contributed by atoms with Crippen molar-refractivity contribution in [3.05, 3.63) is 22.3 Å². The summed E-state index contributed by atoms with van der Waals surface area (Å²) in [6, 6.07) is 2.44. The van der Waals surface area contributed by atoms with Crippen LogP contribution in [0.3, 0.4) is 0 Å². The van der Waals surface area contributed by atoms with Gasteiger partial charge < -0.3 is 10.6 Å². The third-order valence-electron chi connectivity index (χ3n) is 2.63. The van der Waals surface area contributed by atoms with Gasteiger partial charge in [0, 0.05) is 29.7 Å². The zero-order chi connectivity index (χ0) is 12.3. The molecule has 0 aliphatic heterocycles. The van der Waals surface area contributed by atoms with Crippen LogP contribution in [0, 0.1) is 6.92 Å². The Labute approximate surface area is 109 Å². The maximum absolute atomic E-state index is 11.4. The lowest BCUT2D eigenvalue weighted by molar-refractivity contribution is -0.120. The number of amides is 1. The van der Waals surface area contributed by atoms with Gasteiger partial charge in [0.15, 0.2) is 0 Å². The number of nitrogens with one attached hydrogen (secondary N) is 2. The van der Waals surface area contributed by atoms with Crippen molar-refractivity contribution in [1.82, 2.24) is 10.3 Å². The van der Waals surface area contributed by atoms with Crippen LogP contribution in [0.1, 0.15) is 24.8 Å². The smallest absolute Gasteiger partial charge is 0.221 e. The topological polar surface area (TPSA) is 54.0 Å². The van der Waals surface area contributed by atoms with E-state index in [1.165, 1.54) is 0 Å². The molecule has 0 atom stereocenters. The molecule has 0 radical (unpaired) electrons. The van der Waals surface area contributed by atoms with Gasteiger partial charge in [-0.2, -0.15) is 0 Å². The van der Waals surface area contributed by atoms with E-state index >= 15 is 0 Å². The average Bonchev–Trinajstić information content (AvgIpc) is 3.05. The van der Waals surface area contributed by atoms with Crippen LogP contribution in [0.2, 0.25) is 0 Å². The highest BCUT2D eigenvalue weighted by Crippen LogP contribution is 2.19. The van der Waals surface area contributed by atoms with Crippen molar-refractivity contribution in [1.29, 1.82) is 0 Å². The highest BCUT2D eigenvalue weighted by molar-refractivity contribution is 9.10. The molecule has 2 rings (SSSR count). The van der Waals surface area contributed by atoms with Gasteiger partial charge in [-0.1, -0.05) is 0 Å². The van der Waals surface area contributed by atoms with Crippen LogP contribution in [-0.2, 0) is 4.79 Å². The summed E-state index contributed by atoms with van der Waals surface area (Å²) in [6.07, 6.45) is 4.51. The zero-order valence-electron chi connectivity index (χ0n) is 9.79. The molecule has 0 bridgehead atoms. The summed E-state index contributed by atoms with van der Waals surface area (Å²) in [5.74, 6) is 0.960. The SMILES string of the molecule is Cc1cc(Br)cnc1NCCC(=O)NC1CC1. The average molecular weight is 298 g/mol. The van der Waals surface area contributed by atoms with Crippen molar-refractivity contribution < 1.29 is 4.79 Å². The van der Waals surface area contributed by atoms with Crippen LogP contribution in [0.15, 0.2) is 16.7 Å². The molecule has 1 aliphatic carbocycles. The fourth-order valence-electron chi connectivity index (χ4n) is 1.55. The molecule has 0 spiro atoms. The molecule has 0 saturated heterocycles. The molecule has 0 unspecified atom stereocenters. The summed E-state index contributed by atoms with van der Waals surface area (Å²) in [6.45, 7) is 2.61. The number of carbonyl (C=O) groups excluding carboxylic acids is 1. The molecule has 1 fully saturated rings. The standard InChI is InChI=1S/C12H16BrN3O/c1-8-6-9(13)7-15-12(8)14-5-4-11(17)16-10-2-3-10/h6-7,10H,2-5H2,1H3,(H,14,15)(H,16,17). The van der Waals surface area contributed by atoms with Gasteiger partial charge in [-0.05, 0) is 47.3 Å². The normalized spacial score (nSPS) is 14.5. The first-order valence-corrected chi connectivity index (χ1v) is 6.60. The number of halogens is 1. The van der Waals surface area contributed by atoms with Crippen molar-refractivity contribution >= 4 is 27.7 Å². The van der Waals surface area contributed by atoms with E-state index in [4.69, 9.17) is 0 Å². The van der Waals surface area contributed by atoms with Gasteiger partial charge in [-0.3, -0.25) is 4.79 Å². The predicted molar refractivity (Wildman–Crippen MR) is 70.9 cm³/mol. The van der Waals surface area contributed by atoms with E-state index in [0.717, 1.165) is 28.7 Å². The van der Waals surface area contributed by atoms with Crippen LogP contribution in [0.25, 0.3) is 0 Å². The Morgan fingerprint density at radius 3 is 3.00 bits per heavy atom. The van der Waals surface area contributed by atoms with E-state index < -0.39 is 0 Å². The van der Waals surface area contributed by atoms with Crippen molar-refractivity contribution in [3.8, 4) is 0 Å². The molecule has 1 heterocycles. The monoisotopic (exact) mass is 297 g/mol. The molecule has 17 heavy (non-hydrogen) atoms. The van der Waals surface area contributed by atoms with Gasteiger partial charge in [-0.25, -0.2) is 4.98 Å². The molecule has 1 aromatic heterocycles. The Kier molecular flexibility index (Phi) is 3.99. The van der Waals surface area contributed by atoms with Gasteiger partial charge in [0.2, 0.25) is 5.91 Å². The predicted octanol–water partition coefficient (Wildman–Crippen LogP) is 2.23. The minimum Gasteiger partial charge on any atom is -0.369 e. The fraction of sp³-hybridized carbons (Fsp3) is 0.500. The van der Waals surface area contributed by atoms with Crippen LogP contribution < -0.4 is 10.6 Å². The first-order valence-electron chi connectivity index (χ1n) is 5.80. The summed E-state index contributed by atoms with van der Waals surface area (Å²) in [5.41, 5.74) is 1.07. The second kappa shape index (κ2) is 5.49. The van der Waals surface area contributed by atoms with Crippen molar-refractivity contribution in [2.24, 2.45) is 0 Å². The molecule has 1 saturated carbocycles. The van der Waals surface area contributed by atoms with Crippen molar-refractivity contribution in [2.75, 3.05) is 11.9 Å². The molecule has 1 aliphatic rings. The largest absolute Gasteiger partial charge is 0.369 e. The number of hydrogen-bond acceptors (Lipinski definition) is 3. The molecular formula is C12H16BrN3O. The first-order chi connectivity index (χ1) is 8.15. The maximum atomic E-state index is 11.4. The zero-order valence-corrected chi connectivity index (χ0v) is 11.4. The van der Waals surface area contributed by atoms with Crippen LogP contribution >= 0.6 is 15.9 Å². The molecule has 0 aromatic carbocycles.